The highest BCUT2D eigenvalue weighted by atomic mass is 32.2. The molecule has 150 valence electrons. The number of benzene rings is 2. The van der Waals surface area contributed by atoms with Gasteiger partial charge in [-0.15, -0.1) is 11.3 Å². The Morgan fingerprint density at radius 2 is 1.90 bits per heavy atom. The first-order chi connectivity index (χ1) is 13.9. The van der Waals surface area contributed by atoms with Crippen LogP contribution in [0.25, 0.3) is 21.3 Å². The summed E-state index contributed by atoms with van der Waals surface area (Å²) < 4.78 is 35.3. The maximum atomic E-state index is 13.1. The van der Waals surface area contributed by atoms with Crippen LogP contribution in [-0.2, 0) is 17.1 Å². The summed E-state index contributed by atoms with van der Waals surface area (Å²) in [6.45, 7) is 0.899. The van der Waals surface area contributed by atoms with Crippen LogP contribution in [0, 0.1) is 0 Å². The average molecular weight is 430 g/mol. The van der Waals surface area contributed by atoms with Crippen LogP contribution in [0.15, 0.2) is 56.6 Å². The van der Waals surface area contributed by atoms with Gasteiger partial charge in [0.25, 0.3) is 0 Å². The molecular formula is C20H19N3O4S2. The predicted molar refractivity (Wildman–Crippen MR) is 112 cm³/mol. The van der Waals surface area contributed by atoms with Crippen molar-refractivity contribution >= 4 is 42.7 Å². The van der Waals surface area contributed by atoms with Crippen LogP contribution < -0.4 is 5.76 Å². The number of fused-ring (bicyclic) bond motifs is 2. The third-order valence-corrected chi connectivity index (χ3v) is 8.61. The summed E-state index contributed by atoms with van der Waals surface area (Å²) >= 11 is 1.69. The second-order valence-electron chi connectivity index (χ2n) is 7.25. The van der Waals surface area contributed by atoms with Gasteiger partial charge in [0, 0.05) is 26.1 Å². The van der Waals surface area contributed by atoms with Crippen LogP contribution in [0.5, 0.6) is 0 Å². The zero-order chi connectivity index (χ0) is 20.2. The first kappa shape index (κ1) is 18.5. The number of aryl methyl sites for hydroxylation is 1. The van der Waals surface area contributed by atoms with E-state index in [0.29, 0.717) is 24.2 Å². The van der Waals surface area contributed by atoms with Gasteiger partial charge in [0.1, 0.15) is 0 Å². The van der Waals surface area contributed by atoms with Crippen LogP contribution in [0.3, 0.4) is 0 Å². The first-order valence-electron chi connectivity index (χ1n) is 9.39. The van der Waals surface area contributed by atoms with E-state index in [1.54, 1.807) is 18.4 Å². The van der Waals surface area contributed by atoms with E-state index in [4.69, 9.17) is 9.40 Å². The molecule has 0 atom stereocenters. The van der Waals surface area contributed by atoms with Crippen LogP contribution in [-0.4, -0.2) is 35.4 Å². The molecule has 0 N–H and O–H groups in total. The lowest BCUT2D eigenvalue weighted by Crippen LogP contribution is -2.37. The number of thiazole rings is 1. The fraction of sp³-hybridized carbons (Fsp3) is 0.300. The summed E-state index contributed by atoms with van der Waals surface area (Å²) in [6.07, 6.45) is 1.48. The summed E-state index contributed by atoms with van der Waals surface area (Å²) in [6, 6.07) is 12.6. The molecule has 9 heteroatoms. The van der Waals surface area contributed by atoms with E-state index in [9.17, 15) is 13.2 Å². The van der Waals surface area contributed by atoms with Gasteiger partial charge < -0.3 is 4.42 Å². The summed E-state index contributed by atoms with van der Waals surface area (Å²) in [5.74, 6) is -0.234. The number of hydrogen-bond donors (Lipinski definition) is 0. The summed E-state index contributed by atoms with van der Waals surface area (Å²) in [5, 5.41) is 1.08. The molecule has 5 rings (SSSR count). The Balaban J connectivity index is 1.38. The fourth-order valence-electron chi connectivity index (χ4n) is 3.82. The quantitative estimate of drug-likeness (QED) is 0.499. The molecule has 1 fully saturated rings. The Labute approximate surface area is 171 Å². The summed E-state index contributed by atoms with van der Waals surface area (Å²) in [5.41, 5.74) is 1.85. The maximum Gasteiger partial charge on any atom is 0.419 e. The number of piperidine rings is 1. The minimum absolute atomic E-state index is 0.180. The number of para-hydroxylation sites is 1. The second-order valence-corrected chi connectivity index (χ2v) is 10.3. The average Bonchev–Trinajstić information content (AvgIpc) is 3.29. The third kappa shape index (κ3) is 3.09. The molecule has 1 saturated heterocycles. The van der Waals surface area contributed by atoms with E-state index in [2.05, 4.69) is 6.07 Å². The largest absolute Gasteiger partial charge is 0.419 e. The SMILES string of the molecule is Cn1c(=O)oc2ccc(S(=O)(=O)N3CCC(c4nc5ccccc5s4)CC3)cc21. The van der Waals surface area contributed by atoms with Crippen molar-refractivity contribution in [3.63, 3.8) is 0 Å². The van der Waals surface area contributed by atoms with Crippen molar-refractivity contribution in [2.75, 3.05) is 13.1 Å². The van der Waals surface area contributed by atoms with Crippen LogP contribution >= 0.6 is 11.3 Å². The van der Waals surface area contributed by atoms with Crippen molar-refractivity contribution in [3.05, 3.63) is 58.0 Å². The zero-order valence-corrected chi connectivity index (χ0v) is 17.4. The fourth-order valence-corrected chi connectivity index (χ4v) is 6.45. The molecule has 4 aromatic rings. The van der Waals surface area contributed by atoms with Crippen LogP contribution in [0.2, 0.25) is 0 Å². The molecular weight excluding hydrogens is 410 g/mol. The van der Waals surface area contributed by atoms with Crippen molar-refractivity contribution in [2.45, 2.75) is 23.7 Å². The molecule has 0 amide bonds. The van der Waals surface area contributed by atoms with Crippen molar-refractivity contribution in [2.24, 2.45) is 7.05 Å². The highest BCUT2D eigenvalue weighted by molar-refractivity contribution is 7.89. The monoisotopic (exact) mass is 429 g/mol. The normalized spacial score (nSPS) is 16.7. The minimum atomic E-state index is -3.63. The molecule has 0 aliphatic carbocycles. The Morgan fingerprint density at radius 3 is 2.66 bits per heavy atom. The van der Waals surface area contributed by atoms with Crippen molar-refractivity contribution < 1.29 is 12.8 Å². The molecule has 3 heterocycles. The molecule has 1 aliphatic rings. The lowest BCUT2D eigenvalue weighted by Gasteiger charge is -2.30. The number of rotatable bonds is 3. The lowest BCUT2D eigenvalue weighted by atomic mass is 9.99. The van der Waals surface area contributed by atoms with Gasteiger partial charge in [0.05, 0.1) is 25.6 Å². The van der Waals surface area contributed by atoms with Gasteiger partial charge in [-0.2, -0.15) is 4.31 Å². The molecule has 0 unspecified atom stereocenters. The Hall–Kier alpha value is -2.49. The Kier molecular flexibility index (Phi) is 4.34. The van der Waals surface area contributed by atoms with Gasteiger partial charge in [0.2, 0.25) is 10.0 Å². The molecule has 0 bridgehead atoms. The van der Waals surface area contributed by atoms with Gasteiger partial charge in [0.15, 0.2) is 5.58 Å². The zero-order valence-electron chi connectivity index (χ0n) is 15.7. The van der Waals surface area contributed by atoms with E-state index in [1.807, 2.05) is 18.2 Å². The van der Waals surface area contributed by atoms with Gasteiger partial charge >= 0.3 is 5.76 Å². The molecule has 7 nitrogen and oxygen atoms in total. The topological polar surface area (TPSA) is 85.4 Å². The van der Waals surface area contributed by atoms with E-state index < -0.39 is 15.8 Å². The van der Waals surface area contributed by atoms with Gasteiger partial charge in [-0.05, 0) is 43.2 Å². The predicted octanol–water partition coefficient (Wildman–Crippen LogP) is 3.31. The van der Waals surface area contributed by atoms with Crippen molar-refractivity contribution in [1.82, 2.24) is 13.9 Å². The van der Waals surface area contributed by atoms with E-state index in [0.717, 1.165) is 28.1 Å². The molecule has 0 radical (unpaired) electrons. The smallest absolute Gasteiger partial charge is 0.408 e. The van der Waals surface area contributed by atoms with Gasteiger partial charge in [-0.1, -0.05) is 12.1 Å². The number of aromatic nitrogens is 2. The standard InChI is InChI=1S/C20H19N3O4S2/c1-22-16-12-14(6-7-17(16)27-20(22)24)29(25,26)23-10-8-13(9-11-23)19-21-15-4-2-3-5-18(15)28-19/h2-7,12-13H,8-11H2,1H3. The molecule has 0 spiro atoms. The first-order valence-corrected chi connectivity index (χ1v) is 11.6. The van der Waals surface area contributed by atoms with Gasteiger partial charge in [-0.25, -0.2) is 18.2 Å². The summed E-state index contributed by atoms with van der Waals surface area (Å²) in [7, 11) is -2.07. The third-order valence-electron chi connectivity index (χ3n) is 5.51. The summed E-state index contributed by atoms with van der Waals surface area (Å²) in [4.78, 5) is 16.6. The van der Waals surface area contributed by atoms with E-state index in [-0.39, 0.29) is 10.8 Å². The molecule has 1 aliphatic heterocycles. The molecule has 29 heavy (non-hydrogen) atoms. The number of nitrogens with zero attached hydrogens (tertiary/aromatic N) is 3. The van der Waals surface area contributed by atoms with Crippen molar-refractivity contribution in [3.8, 4) is 0 Å². The molecule has 2 aromatic carbocycles. The highest BCUT2D eigenvalue weighted by Gasteiger charge is 2.31. The minimum Gasteiger partial charge on any atom is -0.408 e. The number of hydrogen-bond acceptors (Lipinski definition) is 6. The van der Waals surface area contributed by atoms with E-state index >= 15 is 0 Å². The maximum absolute atomic E-state index is 13.1. The van der Waals surface area contributed by atoms with Crippen molar-refractivity contribution in [1.29, 1.82) is 0 Å². The second kappa shape index (κ2) is 6.79. The Morgan fingerprint density at radius 1 is 1.14 bits per heavy atom. The highest BCUT2D eigenvalue weighted by Crippen LogP contribution is 2.35. The van der Waals surface area contributed by atoms with Crippen LogP contribution in [0.4, 0.5) is 0 Å². The van der Waals surface area contributed by atoms with Gasteiger partial charge in [-0.3, -0.25) is 4.57 Å². The Bertz CT molecular complexity index is 1340. The van der Waals surface area contributed by atoms with E-state index in [1.165, 1.54) is 27.1 Å². The van der Waals surface area contributed by atoms with Crippen LogP contribution in [0.1, 0.15) is 23.8 Å². The number of sulfonamides is 1. The lowest BCUT2D eigenvalue weighted by molar-refractivity contribution is 0.319. The molecule has 0 saturated carbocycles. The number of oxazole rings is 1. The molecule has 2 aromatic heterocycles.